The van der Waals surface area contributed by atoms with Gasteiger partial charge in [0.25, 0.3) is 0 Å². The number of esters is 1. The van der Waals surface area contributed by atoms with Gasteiger partial charge in [0.15, 0.2) is 0 Å². The number of aromatic nitrogens is 2. The maximum Gasteiger partial charge on any atom is 0.338 e. The van der Waals surface area contributed by atoms with Crippen LogP contribution in [0.4, 0.5) is 4.79 Å². The van der Waals surface area contributed by atoms with Crippen molar-refractivity contribution in [2.75, 3.05) is 13.2 Å². The van der Waals surface area contributed by atoms with E-state index in [1.165, 1.54) is 6.08 Å². The van der Waals surface area contributed by atoms with E-state index < -0.39 is 18.0 Å². The Kier molecular flexibility index (Phi) is 7.34. The van der Waals surface area contributed by atoms with Crippen LogP contribution in [0.1, 0.15) is 24.1 Å². The second-order valence-corrected chi connectivity index (χ2v) is 8.25. The largest absolute Gasteiger partial charge is 0.489 e. The molecule has 8 nitrogen and oxygen atoms in total. The molecule has 0 fully saturated rings. The lowest BCUT2D eigenvalue weighted by Crippen LogP contribution is -2.45. The Morgan fingerprint density at radius 3 is 2.56 bits per heavy atom. The molecule has 0 unspecified atom stereocenters. The fourth-order valence-corrected chi connectivity index (χ4v) is 4.05. The van der Waals surface area contributed by atoms with Crippen molar-refractivity contribution in [1.82, 2.24) is 20.4 Å². The normalized spacial score (nSPS) is 15.1. The van der Waals surface area contributed by atoms with Gasteiger partial charge in [-0.1, -0.05) is 43.5 Å². The minimum absolute atomic E-state index is 0.0534. The Morgan fingerprint density at radius 1 is 1.11 bits per heavy atom. The van der Waals surface area contributed by atoms with Crippen LogP contribution in [0.2, 0.25) is 0 Å². The number of para-hydroxylation sites is 1. The summed E-state index contributed by atoms with van der Waals surface area (Å²) in [7, 11) is 0. The minimum Gasteiger partial charge on any atom is -0.489 e. The van der Waals surface area contributed by atoms with Gasteiger partial charge in [0.05, 0.1) is 23.0 Å². The number of hydrogen-bond acceptors (Lipinski definition) is 5. The number of nitrogens with zero attached hydrogens (tertiary/aromatic N) is 2. The lowest BCUT2D eigenvalue weighted by molar-refractivity contribution is -0.138. The summed E-state index contributed by atoms with van der Waals surface area (Å²) >= 11 is 0. The molecule has 2 amide bonds. The lowest BCUT2D eigenvalue weighted by Gasteiger charge is -2.27. The second-order valence-electron chi connectivity index (χ2n) is 8.25. The van der Waals surface area contributed by atoms with E-state index in [0.29, 0.717) is 29.1 Å². The van der Waals surface area contributed by atoms with Crippen molar-refractivity contribution in [3.8, 4) is 22.7 Å². The number of ether oxygens (including phenoxy) is 2. The first-order valence-corrected chi connectivity index (χ1v) is 11.5. The van der Waals surface area contributed by atoms with E-state index in [1.807, 2.05) is 61.7 Å². The summed E-state index contributed by atoms with van der Waals surface area (Å²) < 4.78 is 12.8. The highest BCUT2D eigenvalue weighted by molar-refractivity contribution is 5.95. The number of carbonyl (C=O) groups excluding carboxylic acids is 2. The number of urea groups is 1. The van der Waals surface area contributed by atoms with E-state index in [2.05, 4.69) is 23.8 Å². The number of nitrogens with one attached hydrogen (secondary N) is 2. The first kappa shape index (κ1) is 24.5. The van der Waals surface area contributed by atoms with Gasteiger partial charge in [-0.3, -0.25) is 0 Å². The van der Waals surface area contributed by atoms with Crippen molar-refractivity contribution < 1.29 is 19.1 Å². The summed E-state index contributed by atoms with van der Waals surface area (Å²) in [6.07, 6.45) is 5.01. The van der Waals surface area contributed by atoms with Gasteiger partial charge in [-0.25, -0.2) is 14.3 Å². The number of rotatable bonds is 9. The molecule has 0 spiro atoms. The van der Waals surface area contributed by atoms with Gasteiger partial charge in [-0.05, 0) is 49.7 Å². The Bertz CT molecular complexity index is 1340. The molecule has 1 aliphatic rings. The molecule has 2 heterocycles. The van der Waals surface area contributed by atoms with E-state index in [-0.39, 0.29) is 6.61 Å². The zero-order valence-electron chi connectivity index (χ0n) is 20.3. The molecule has 3 aromatic rings. The van der Waals surface area contributed by atoms with Gasteiger partial charge in [0.2, 0.25) is 0 Å². The zero-order chi connectivity index (χ0) is 25.7. The maximum absolute atomic E-state index is 13.0. The first-order chi connectivity index (χ1) is 17.4. The number of hydrogen-bond donors (Lipinski definition) is 2. The number of allylic oxidation sites excluding steroid dienone is 1. The molecule has 1 aromatic heterocycles. The molecule has 2 N–H and O–H groups in total. The highest BCUT2D eigenvalue weighted by Gasteiger charge is 2.35. The summed E-state index contributed by atoms with van der Waals surface area (Å²) in [6.45, 7) is 11.4. The number of benzene rings is 2. The molecule has 8 heteroatoms. The van der Waals surface area contributed by atoms with Crippen molar-refractivity contribution in [3.05, 3.63) is 102 Å². The fourth-order valence-electron chi connectivity index (χ4n) is 4.05. The Balaban J connectivity index is 1.86. The van der Waals surface area contributed by atoms with E-state index in [4.69, 9.17) is 14.6 Å². The molecule has 0 radical (unpaired) electrons. The summed E-state index contributed by atoms with van der Waals surface area (Å²) in [5.41, 5.74) is 4.55. The highest BCUT2D eigenvalue weighted by atomic mass is 16.5. The van der Waals surface area contributed by atoms with Crippen LogP contribution in [0, 0.1) is 6.92 Å². The molecule has 36 heavy (non-hydrogen) atoms. The molecule has 0 saturated carbocycles. The Labute approximate surface area is 209 Å². The predicted molar refractivity (Wildman–Crippen MR) is 138 cm³/mol. The van der Waals surface area contributed by atoms with Crippen LogP contribution < -0.4 is 15.4 Å². The van der Waals surface area contributed by atoms with Gasteiger partial charge in [-0.15, -0.1) is 0 Å². The summed E-state index contributed by atoms with van der Waals surface area (Å²) in [5.74, 6) is 0.190. The zero-order valence-corrected chi connectivity index (χ0v) is 20.3. The Hall–Kier alpha value is -4.59. The number of carbonyl (C=O) groups is 2. The fraction of sp³-hybridized carbons (Fsp3) is 0.179. The Morgan fingerprint density at radius 2 is 1.86 bits per heavy atom. The maximum atomic E-state index is 13.0. The highest BCUT2D eigenvalue weighted by Crippen LogP contribution is 2.36. The molecule has 0 aliphatic carbocycles. The lowest BCUT2D eigenvalue weighted by atomic mass is 9.93. The quantitative estimate of drug-likeness (QED) is 0.337. The summed E-state index contributed by atoms with van der Waals surface area (Å²) in [5, 5.41) is 10.4. The van der Waals surface area contributed by atoms with E-state index in [0.717, 1.165) is 22.6 Å². The average Bonchev–Trinajstić information content (AvgIpc) is 3.32. The van der Waals surface area contributed by atoms with Gasteiger partial charge in [-0.2, -0.15) is 5.10 Å². The minimum atomic E-state index is -0.777. The van der Waals surface area contributed by atoms with Crippen molar-refractivity contribution in [1.29, 1.82) is 0 Å². The molecule has 1 atom stereocenters. The monoisotopic (exact) mass is 484 g/mol. The van der Waals surface area contributed by atoms with Crippen LogP contribution in [0.15, 0.2) is 91.3 Å². The van der Waals surface area contributed by atoms with Gasteiger partial charge < -0.3 is 20.1 Å². The van der Waals surface area contributed by atoms with Gasteiger partial charge >= 0.3 is 12.0 Å². The van der Waals surface area contributed by atoms with Crippen LogP contribution >= 0.6 is 0 Å². The topological polar surface area (TPSA) is 94.5 Å². The predicted octanol–water partition coefficient (Wildman–Crippen LogP) is 4.77. The van der Waals surface area contributed by atoms with Crippen LogP contribution in [0.25, 0.3) is 16.9 Å². The van der Waals surface area contributed by atoms with Crippen molar-refractivity contribution in [2.45, 2.75) is 19.9 Å². The van der Waals surface area contributed by atoms with E-state index >= 15 is 0 Å². The smallest absolute Gasteiger partial charge is 0.338 e. The van der Waals surface area contributed by atoms with Crippen molar-refractivity contribution in [3.63, 3.8) is 0 Å². The van der Waals surface area contributed by atoms with E-state index in [1.54, 1.807) is 17.7 Å². The van der Waals surface area contributed by atoms with Crippen LogP contribution in [-0.2, 0) is 9.53 Å². The second kappa shape index (κ2) is 10.8. The van der Waals surface area contributed by atoms with Crippen LogP contribution in [-0.4, -0.2) is 35.0 Å². The average molecular weight is 485 g/mol. The molecule has 0 bridgehead atoms. The van der Waals surface area contributed by atoms with Crippen LogP contribution in [0.3, 0.4) is 0 Å². The van der Waals surface area contributed by atoms with E-state index in [9.17, 15) is 9.59 Å². The van der Waals surface area contributed by atoms with Crippen molar-refractivity contribution >= 4 is 12.0 Å². The standard InChI is InChI=1S/C28H28N4O4/c1-5-14-35-23-13-12-20(16-18(23)3)25-22(17-32(31-25)21-10-8-7-9-11-21)26-24(27(33)36-15-6-2)19(4)29-28(34)30-26/h5-13,16-17,26H,1-2,14-15H2,3-4H3,(H2,29,30,34)/t26-/m0/s1. The van der Waals surface area contributed by atoms with Gasteiger partial charge in [0, 0.05) is 23.0 Å². The third-order valence-electron chi connectivity index (χ3n) is 5.70. The third kappa shape index (κ3) is 5.07. The molecule has 0 saturated heterocycles. The third-order valence-corrected chi connectivity index (χ3v) is 5.70. The number of amides is 2. The van der Waals surface area contributed by atoms with Crippen LogP contribution in [0.5, 0.6) is 5.75 Å². The number of aryl methyl sites for hydroxylation is 1. The summed E-state index contributed by atoms with van der Waals surface area (Å²) in [4.78, 5) is 25.5. The molecule has 2 aromatic carbocycles. The molecular formula is C28H28N4O4. The molecule has 184 valence electrons. The molecule has 4 rings (SSSR count). The molecule has 1 aliphatic heterocycles. The SMILES string of the molecule is C=CCOC(=O)C1=C(C)NC(=O)N[C@H]1c1cn(-c2ccccc2)nc1-c1ccc(OCC=C)c(C)c1. The van der Waals surface area contributed by atoms with Gasteiger partial charge in [0.1, 0.15) is 19.0 Å². The molecular weight excluding hydrogens is 456 g/mol. The first-order valence-electron chi connectivity index (χ1n) is 11.5. The van der Waals surface area contributed by atoms with Crippen molar-refractivity contribution in [2.24, 2.45) is 0 Å². The summed E-state index contributed by atoms with van der Waals surface area (Å²) in [6, 6.07) is 14.2.